The molecule has 3 N–H and O–H groups in total. The van der Waals surface area contributed by atoms with Crippen LogP contribution in [0.25, 0.3) is 0 Å². The molecule has 0 aromatic rings. The lowest BCUT2D eigenvalue weighted by molar-refractivity contribution is -0.136. The maximum Gasteiger partial charge on any atom is 0.407 e. The van der Waals surface area contributed by atoms with Gasteiger partial charge >= 0.3 is 6.09 Å². The van der Waals surface area contributed by atoms with E-state index in [0.29, 0.717) is 12.4 Å². The number of aliphatic imine (C=N–C) groups is 1. The Hall–Kier alpha value is -2.88. The quantitative estimate of drug-likeness (QED) is 0.593. The maximum absolute atomic E-state index is 13.5. The number of nitrogens with two attached hydrogens (primary N) is 1. The topological polar surface area (TPSA) is 116 Å². The highest BCUT2D eigenvalue weighted by molar-refractivity contribution is 5.99. The Morgan fingerprint density at radius 3 is 2.68 bits per heavy atom. The van der Waals surface area contributed by atoms with Gasteiger partial charge in [0, 0.05) is 37.4 Å². The second-order valence-electron chi connectivity index (χ2n) is 9.74. The average molecular weight is 472 g/mol. The van der Waals surface area contributed by atoms with Gasteiger partial charge in [-0.15, -0.1) is 0 Å². The zero-order valence-electron chi connectivity index (χ0n) is 20.5. The largest absolute Gasteiger partial charge is 0.453 e. The van der Waals surface area contributed by atoms with Crippen molar-refractivity contribution < 1.29 is 14.3 Å². The molecule has 3 heterocycles. The molecule has 0 bridgehead atoms. The number of amidine groups is 1. The summed E-state index contributed by atoms with van der Waals surface area (Å²) in [4.78, 5) is 34.1. The molecule has 34 heavy (non-hydrogen) atoms. The van der Waals surface area contributed by atoms with Gasteiger partial charge in [0.05, 0.1) is 18.9 Å². The molecule has 0 aromatic heterocycles. The summed E-state index contributed by atoms with van der Waals surface area (Å²) >= 11 is 0. The molecule has 2 amide bonds. The van der Waals surface area contributed by atoms with Crippen LogP contribution in [-0.4, -0.2) is 83.2 Å². The third kappa shape index (κ3) is 5.27. The normalized spacial score (nSPS) is 26.8. The molecule has 186 valence electrons. The van der Waals surface area contributed by atoms with E-state index in [1.54, 1.807) is 5.01 Å². The van der Waals surface area contributed by atoms with E-state index in [1.807, 2.05) is 24.9 Å². The van der Waals surface area contributed by atoms with Gasteiger partial charge in [0.25, 0.3) is 0 Å². The van der Waals surface area contributed by atoms with E-state index in [0.717, 1.165) is 68.7 Å². The number of likely N-dealkylation sites (tertiary alicyclic amines) is 2. The van der Waals surface area contributed by atoms with Gasteiger partial charge in [-0.05, 0) is 58.3 Å². The second kappa shape index (κ2) is 10.2. The Morgan fingerprint density at radius 1 is 1.26 bits per heavy atom. The van der Waals surface area contributed by atoms with Crippen LogP contribution >= 0.6 is 0 Å². The van der Waals surface area contributed by atoms with Gasteiger partial charge in [-0.2, -0.15) is 5.10 Å². The monoisotopic (exact) mass is 471 g/mol. The summed E-state index contributed by atoms with van der Waals surface area (Å²) in [7, 11) is 1.32. The van der Waals surface area contributed by atoms with Gasteiger partial charge in [0.1, 0.15) is 17.7 Å². The molecule has 1 saturated carbocycles. The van der Waals surface area contributed by atoms with E-state index in [2.05, 4.69) is 16.8 Å². The minimum atomic E-state index is -0.568. The van der Waals surface area contributed by atoms with Crippen molar-refractivity contribution in [3.8, 4) is 0 Å². The lowest BCUT2D eigenvalue weighted by Gasteiger charge is -2.38. The number of amides is 2. The number of ether oxygens (including phenoxy) is 1. The van der Waals surface area contributed by atoms with Crippen molar-refractivity contribution >= 4 is 23.5 Å². The molecular formula is C24H37N7O3. The van der Waals surface area contributed by atoms with Crippen molar-refractivity contribution in [1.82, 2.24) is 20.1 Å². The highest BCUT2D eigenvalue weighted by atomic mass is 16.5. The Labute approximate surface area is 201 Å². The van der Waals surface area contributed by atoms with Crippen LogP contribution in [0.4, 0.5) is 4.79 Å². The van der Waals surface area contributed by atoms with Crippen LogP contribution in [0.15, 0.2) is 34.3 Å². The Bertz CT molecular complexity index is 924. The van der Waals surface area contributed by atoms with Crippen molar-refractivity contribution in [1.29, 1.82) is 0 Å². The number of nitrogens with zero attached hydrogens (tertiary/aromatic N) is 5. The van der Waals surface area contributed by atoms with Crippen LogP contribution in [0.2, 0.25) is 0 Å². The van der Waals surface area contributed by atoms with Crippen LogP contribution in [0, 0.1) is 5.92 Å². The van der Waals surface area contributed by atoms with E-state index in [-0.39, 0.29) is 23.9 Å². The van der Waals surface area contributed by atoms with Crippen molar-refractivity contribution in [3.63, 3.8) is 0 Å². The first kappa shape index (κ1) is 24.3. The molecule has 10 heteroatoms. The smallest absolute Gasteiger partial charge is 0.407 e. The molecule has 4 aliphatic rings. The molecule has 3 fully saturated rings. The number of hydrogen-bond donors (Lipinski definition) is 2. The Balaban J connectivity index is 1.49. The molecule has 3 atom stereocenters. The molecule has 0 spiro atoms. The van der Waals surface area contributed by atoms with Crippen molar-refractivity contribution in [3.05, 3.63) is 24.2 Å². The van der Waals surface area contributed by atoms with Crippen LogP contribution in [0.5, 0.6) is 0 Å². The molecule has 3 aliphatic heterocycles. The third-order valence-electron chi connectivity index (χ3n) is 7.04. The van der Waals surface area contributed by atoms with Crippen molar-refractivity contribution in [2.45, 2.75) is 70.5 Å². The summed E-state index contributed by atoms with van der Waals surface area (Å²) in [6.07, 6.45) is 7.00. The van der Waals surface area contributed by atoms with Crippen LogP contribution in [0.1, 0.15) is 52.4 Å². The minimum absolute atomic E-state index is 0.0537. The molecule has 4 rings (SSSR count). The molecule has 0 aromatic carbocycles. The number of carbonyl (C=O) groups excluding carboxylic acids is 2. The van der Waals surface area contributed by atoms with Crippen LogP contribution < -0.4 is 11.1 Å². The van der Waals surface area contributed by atoms with Gasteiger partial charge in [-0.1, -0.05) is 6.58 Å². The molecular weight excluding hydrogens is 434 g/mol. The van der Waals surface area contributed by atoms with Gasteiger partial charge in [-0.3, -0.25) is 4.79 Å². The number of methoxy groups -OCH3 is 1. The maximum atomic E-state index is 13.5. The molecule has 1 aliphatic carbocycles. The number of alkyl carbamates (subject to hydrolysis) is 1. The highest BCUT2D eigenvalue weighted by Gasteiger charge is 2.42. The first-order chi connectivity index (χ1) is 16.3. The summed E-state index contributed by atoms with van der Waals surface area (Å²) in [6, 6.07) is -0.512. The first-order valence-electron chi connectivity index (χ1n) is 12.2. The number of hydrazone groups is 1. The molecule has 0 radical (unpaired) electrons. The number of hydrogen-bond acceptors (Lipinski definition) is 8. The lowest BCUT2D eigenvalue weighted by atomic mass is 9.97. The summed E-state index contributed by atoms with van der Waals surface area (Å²) in [5, 5.41) is 9.27. The van der Waals surface area contributed by atoms with Gasteiger partial charge in [-0.25, -0.2) is 14.8 Å². The summed E-state index contributed by atoms with van der Waals surface area (Å²) in [5.41, 5.74) is 7.90. The Kier molecular flexibility index (Phi) is 7.25. The standard InChI is InChI=1S/C24H37N7O3/c1-15-13-31(17(3)26-22(15)29-12-10-19(25)14-29)28-16(2)20-7-5-6-11-30(20)23(32)21(18-8-9-18)27-24(33)34-4/h13,18-21H,3,5-12,14,25H2,1-2,4H3,(H,27,33)/b28-16+/t19-,20-,21-/m0/s1. The van der Waals surface area contributed by atoms with Crippen LogP contribution in [0.3, 0.4) is 0 Å². The first-order valence-corrected chi connectivity index (χ1v) is 12.2. The van der Waals surface area contributed by atoms with E-state index in [1.165, 1.54) is 7.11 Å². The van der Waals surface area contributed by atoms with Gasteiger partial charge in [0.15, 0.2) is 0 Å². The van der Waals surface area contributed by atoms with Crippen molar-refractivity contribution in [2.75, 3.05) is 26.7 Å². The van der Waals surface area contributed by atoms with Crippen LogP contribution in [-0.2, 0) is 9.53 Å². The third-order valence-corrected chi connectivity index (χ3v) is 7.04. The molecule has 2 saturated heterocycles. The van der Waals surface area contributed by atoms with E-state index in [4.69, 9.17) is 20.6 Å². The SMILES string of the molecule is C=C1N=C(N2CC[C@H](N)C2)C(C)=CN1/N=C(\C)[C@@H]1CCCCN1C(=O)[C@@H](NC(=O)OC)C1CC1. The number of piperidine rings is 1. The van der Waals surface area contributed by atoms with E-state index >= 15 is 0 Å². The van der Waals surface area contributed by atoms with Crippen molar-refractivity contribution in [2.24, 2.45) is 21.7 Å². The number of carbonyl (C=O) groups is 2. The minimum Gasteiger partial charge on any atom is -0.453 e. The van der Waals surface area contributed by atoms with Gasteiger partial charge < -0.3 is 25.6 Å². The zero-order chi connectivity index (χ0) is 24.4. The predicted octanol–water partition coefficient (Wildman–Crippen LogP) is 2.00. The summed E-state index contributed by atoms with van der Waals surface area (Å²) in [6.45, 7) is 10.4. The molecule has 10 nitrogen and oxygen atoms in total. The molecule has 0 unspecified atom stereocenters. The summed E-state index contributed by atoms with van der Waals surface area (Å²) in [5.74, 6) is 1.56. The predicted molar refractivity (Wildman–Crippen MR) is 131 cm³/mol. The van der Waals surface area contributed by atoms with Gasteiger partial charge in [0.2, 0.25) is 5.91 Å². The highest BCUT2D eigenvalue weighted by Crippen LogP contribution is 2.35. The second-order valence-corrected chi connectivity index (χ2v) is 9.74. The lowest BCUT2D eigenvalue weighted by Crippen LogP contribution is -2.56. The van der Waals surface area contributed by atoms with E-state index < -0.39 is 12.1 Å². The number of nitrogens with one attached hydrogen (secondary N) is 1. The Morgan fingerprint density at radius 2 is 2.03 bits per heavy atom. The number of rotatable bonds is 5. The fourth-order valence-corrected chi connectivity index (χ4v) is 5.01. The fourth-order valence-electron chi connectivity index (χ4n) is 5.01. The zero-order valence-corrected chi connectivity index (χ0v) is 20.5. The summed E-state index contributed by atoms with van der Waals surface area (Å²) < 4.78 is 4.75. The fraction of sp³-hybridized carbons (Fsp3) is 0.667. The average Bonchev–Trinajstić information content (AvgIpc) is 3.58. The van der Waals surface area contributed by atoms with E-state index in [9.17, 15) is 9.59 Å².